The van der Waals surface area contributed by atoms with E-state index in [1.807, 2.05) is 39.0 Å². The normalized spacial score (nSPS) is 10.8. The maximum absolute atomic E-state index is 5.71. The van der Waals surface area contributed by atoms with Crippen LogP contribution in [0.25, 0.3) is 0 Å². The molecule has 3 heteroatoms. The molecular weight excluding hydrogens is 214 g/mol. The van der Waals surface area contributed by atoms with Gasteiger partial charge in [0.2, 0.25) is 0 Å². The monoisotopic (exact) mass is 237 g/mol. The third-order valence-corrected chi connectivity index (χ3v) is 2.06. The molecule has 0 aliphatic carbocycles. The molecule has 1 rings (SSSR count). The van der Waals surface area contributed by atoms with Crippen molar-refractivity contribution in [2.75, 3.05) is 11.9 Å². The molecule has 1 aromatic carbocycles. The van der Waals surface area contributed by atoms with Crippen molar-refractivity contribution in [3.05, 3.63) is 18.2 Å². The van der Waals surface area contributed by atoms with Gasteiger partial charge in [0.1, 0.15) is 0 Å². The van der Waals surface area contributed by atoms with Gasteiger partial charge in [-0.1, -0.05) is 0 Å². The Morgan fingerprint density at radius 3 is 2.35 bits per heavy atom. The third-order valence-electron chi connectivity index (χ3n) is 2.06. The van der Waals surface area contributed by atoms with E-state index in [4.69, 9.17) is 9.47 Å². The molecule has 0 radical (unpaired) electrons. The van der Waals surface area contributed by atoms with Crippen LogP contribution >= 0.6 is 0 Å². The Morgan fingerprint density at radius 1 is 1.12 bits per heavy atom. The molecule has 0 saturated heterocycles. The molecule has 0 bridgehead atoms. The second kappa shape index (κ2) is 6.38. The summed E-state index contributed by atoms with van der Waals surface area (Å²) in [6.07, 6.45) is 0.151. The van der Waals surface area contributed by atoms with Crippen LogP contribution in [0.4, 0.5) is 5.69 Å². The molecule has 0 aliphatic heterocycles. The molecule has 0 aromatic heterocycles. The van der Waals surface area contributed by atoms with E-state index in [0.29, 0.717) is 12.6 Å². The van der Waals surface area contributed by atoms with Crippen molar-refractivity contribution in [1.82, 2.24) is 0 Å². The number of anilines is 1. The first-order valence-electron chi connectivity index (χ1n) is 6.23. The predicted octanol–water partition coefficient (Wildman–Crippen LogP) is 3.69. The lowest BCUT2D eigenvalue weighted by Crippen LogP contribution is -2.11. The fourth-order valence-corrected chi connectivity index (χ4v) is 1.55. The van der Waals surface area contributed by atoms with Crippen LogP contribution in [0.1, 0.15) is 34.6 Å². The van der Waals surface area contributed by atoms with Gasteiger partial charge in [0, 0.05) is 17.8 Å². The summed E-state index contributed by atoms with van der Waals surface area (Å²) in [5.74, 6) is 1.60. The van der Waals surface area contributed by atoms with Crippen LogP contribution in [0.15, 0.2) is 18.2 Å². The predicted molar refractivity (Wildman–Crippen MR) is 72.1 cm³/mol. The fraction of sp³-hybridized carbons (Fsp3) is 0.571. The van der Waals surface area contributed by atoms with Crippen molar-refractivity contribution < 1.29 is 9.47 Å². The van der Waals surface area contributed by atoms with Crippen molar-refractivity contribution >= 4 is 5.69 Å². The number of rotatable bonds is 6. The van der Waals surface area contributed by atoms with E-state index in [0.717, 1.165) is 17.2 Å². The van der Waals surface area contributed by atoms with Crippen molar-refractivity contribution in [2.45, 2.75) is 46.8 Å². The van der Waals surface area contributed by atoms with E-state index in [9.17, 15) is 0 Å². The third kappa shape index (κ3) is 4.55. The van der Waals surface area contributed by atoms with Gasteiger partial charge >= 0.3 is 0 Å². The van der Waals surface area contributed by atoms with Crippen LogP contribution in [-0.2, 0) is 0 Å². The van der Waals surface area contributed by atoms with E-state index in [2.05, 4.69) is 19.2 Å². The van der Waals surface area contributed by atoms with Crippen molar-refractivity contribution in [3.63, 3.8) is 0 Å². The average molecular weight is 237 g/mol. The number of nitrogens with one attached hydrogen (secondary N) is 1. The SMILES string of the molecule is CCOc1cc(NC(C)C)ccc1OC(C)C. The Kier molecular flexibility index (Phi) is 5.13. The van der Waals surface area contributed by atoms with Gasteiger partial charge in [-0.3, -0.25) is 0 Å². The molecule has 3 nitrogen and oxygen atoms in total. The molecule has 0 unspecified atom stereocenters. The van der Waals surface area contributed by atoms with Crippen LogP contribution in [0.5, 0.6) is 11.5 Å². The number of hydrogen-bond acceptors (Lipinski definition) is 3. The minimum atomic E-state index is 0.151. The van der Waals surface area contributed by atoms with Gasteiger partial charge in [-0.15, -0.1) is 0 Å². The first kappa shape index (κ1) is 13.7. The smallest absolute Gasteiger partial charge is 0.163 e. The van der Waals surface area contributed by atoms with E-state index in [-0.39, 0.29) is 6.10 Å². The van der Waals surface area contributed by atoms with E-state index in [1.54, 1.807) is 0 Å². The fourth-order valence-electron chi connectivity index (χ4n) is 1.55. The second-order valence-electron chi connectivity index (χ2n) is 4.56. The number of hydrogen-bond donors (Lipinski definition) is 1. The lowest BCUT2D eigenvalue weighted by molar-refractivity contribution is 0.224. The molecule has 0 amide bonds. The summed E-state index contributed by atoms with van der Waals surface area (Å²) in [5, 5.41) is 3.35. The molecule has 0 heterocycles. The standard InChI is InChI=1S/C14H23NO2/c1-6-16-14-9-12(15-10(2)3)7-8-13(14)17-11(4)5/h7-11,15H,6H2,1-5H3. The highest BCUT2D eigenvalue weighted by Gasteiger charge is 2.08. The maximum atomic E-state index is 5.71. The summed E-state index contributed by atoms with van der Waals surface area (Å²) in [6.45, 7) is 10.9. The van der Waals surface area contributed by atoms with Gasteiger partial charge in [-0.05, 0) is 46.8 Å². The first-order chi connectivity index (χ1) is 8.02. The molecule has 1 aromatic rings. The lowest BCUT2D eigenvalue weighted by Gasteiger charge is -2.17. The summed E-state index contributed by atoms with van der Waals surface area (Å²) in [5.41, 5.74) is 1.06. The minimum Gasteiger partial charge on any atom is -0.490 e. The second-order valence-corrected chi connectivity index (χ2v) is 4.56. The molecule has 0 aliphatic rings. The maximum Gasteiger partial charge on any atom is 0.163 e. The van der Waals surface area contributed by atoms with Gasteiger partial charge in [0.25, 0.3) is 0 Å². The first-order valence-corrected chi connectivity index (χ1v) is 6.23. The summed E-state index contributed by atoms with van der Waals surface area (Å²) in [6, 6.07) is 6.36. The van der Waals surface area contributed by atoms with Crippen molar-refractivity contribution in [1.29, 1.82) is 0 Å². The van der Waals surface area contributed by atoms with E-state index >= 15 is 0 Å². The Balaban J connectivity index is 2.90. The van der Waals surface area contributed by atoms with Crippen LogP contribution in [0, 0.1) is 0 Å². The Labute approximate surface area is 104 Å². The lowest BCUT2D eigenvalue weighted by atomic mass is 10.2. The Hall–Kier alpha value is -1.38. The Morgan fingerprint density at radius 2 is 1.82 bits per heavy atom. The molecule has 0 saturated carbocycles. The number of ether oxygens (including phenoxy) is 2. The molecule has 0 spiro atoms. The molecule has 0 atom stereocenters. The zero-order valence-corrected chi connectivity index (χ0v) is 11.4. The molecule has 96 valence electrons. The number of benzene rings is 1. The molecule has 0 fully saturated rings. The summed E-state index contributed by atoms with van der Waals surface area (Å²) in [7, 11) is 0. The largest absolute Gasteiger partial charge is 0.490 e. The van der Waals surface area contributed by atoms with Gasteiger partial charge in [-0.2, -0.15) is 0 Å². The molecule has 1 N–H and O–H groups in total. The highest BCUT2D eigenvalue weighted by atomic mass is 16.5. The van der Waals surface area contributed by atoms with Gasteiger partial charge < -0.3 is 14.8 Å². The molecular formula is C14H23NO2. The minimum absolute atomic E-state index is 0.151. The Bertz CT molecular complexity index is 348. The highest BCUT2D eigenvalue weighted by molar-refractivity contribution is 5.55. The van der Waals surface area contributed by atoms with Gasteiger partial charge in [-0.25, -0.2) is 0 Å². The summed E-state index contributed by atoms with van der Waals surface area (Å²) >= 11 is 0. The van der Waals surface area contributed by atoms with Crippen LogP contribution in [0.3, 0.4) is 0 Å². The van der Waals surface area contributed by atoms with Gasteiger partial charge in [0.15, 0.2) is 11.5 Å². The topological polar surface area (TPSA) is 30.5 Å². The van der Waals surface area contributed by atoms with Crippen molar-refractivity contribution in [3.8, 4) is 11.5 Å². The van der Waals surface area contributed by atoms with Gasteiger partial charge in [0.05, 0.1) is 12.7 Å². The van der Waals surface area contributed by atoms with E-state index in [1.165, 1.54) is 0 Å². The van der Waals surface area contributed by atoms with Crippen LogP contribution in [-0.4, -0.2) is 18.8 Å². The zero-order chi connectivity index (χ0) is 12.8. The zero-order valence-electron chi connectivity index (χ0n) is 11.4. The summed E-state index contributed by atoms with van der Waals surface area (Å²) in [4.78, 5) is 0. The summed E-state index contributed by atoms with van der Waals surface area (Å²) < 4.78 is 11.3. The van der Waals surface area contributed by atoms with Crippen LogP contribution < -0.4 is 14.8 Å². The quantitative estimate of drug-likeness (QED) is 0.818. The average Bonchev–Trinajstić information content (AvgIpc) is 2.21. The van der Waals surface area contributed by atoms with E-state index < -0.39 is 0 Å². The highest BCUT2D eigenvalue weighted by Crippen LogP contribution is 2.31. The van der Waals surface area contributed by atoms with Crippen molar-refractivity contribution in [2.24, 2.45) is 0 Å². The van der Waals surface area contributed by atoms with Crippen LogP contribution in [0.2, 0.25) is 0 Å². The molecule has 17 heavy (non-hydrogen) atoms.